The third-order valence-corrected chi connectivity index (χ3v) is 3.24. The minimum atomic E-state index is -0.417. The average Bonchev–Trinajstić information content (AvgIpc) is 2.46. The van der Waals surface area contributed by atoms with Gasteiger partial charge in [-0.2, -0.15) is 0 Å². The van der Waals surface area contributed by atoms with Crippen LogP contribution in [0.5, 0.6) is 0 Å². The summed E-state index contributed by atoms with van der Waals surface area (Å²) in [5, 5.41) is 0. The second-order valence-electron chi connectivity index (χ2n) is 4.69. The van der Waals surface area contributed by atoms with Crippen LogP contribution >= 0.6 is 0 Å². The zero-order valence-corrected chi connectivity index (χ0v) is 11.7. The molecule has 1 amide bonds. The number of nitrogens with zero attached hydrogens (tertiary/aromatic N) is 1. The zero-order valence-electron chi connectivity index (χ0n) is 11.7. The summed E-state index contributed by atoms with van der Waals surface area (Å²) in [6, 6.07) is 9.76. The molecular weight excluding hydrogens is 238 g/mol. The topological polar surface area (TPSA) is 72.3 Å². The van der Waals surface area contributed by atoms with Gasteiger partial charge in [-0.3, -0.25) is 4.79 Å². The van der Waals surface area contributed by atoms with E-state index in [1.165, 1.54) is 5.56 Å². The number of carbonyl (C=O) groups excluding carboxylic acids is 1. The summed E-state index contributed by atoms with van der Waals surface area (Å²) in [4.78, 5) is 14.0. The summed E-state index contributed by atoms with van der Waals surface area (Å²) in [6.45, 7) is 3.98. The highest BCUT2D eigenvalue weighted by Gasteiger charge is 2.18. The maximum Gasteiger partial charge on any atom is 0.239 e. The number of hydrogen-bond donors (Lipinski definition) is 2. The van der Waals surface area contributed by atoms with E-state index in [4.69, 9.17) is 11.5 Å². The Balaban J connectivity index is 2.46. The van der Waals surface area contributed by atoms with Gasteiger partial charge in [0.15, 0.2) is 0 Å². The van der Waals surface area contributed by atoms with Crippen LogP contribution in [0.3, 0.4) is 0 Å². The van der Waals surface area contributed by atoms with Crippen LogP contribution in [0.15, 0.2) is 30.3 Å². The van der Waals surface area contributed by atoms with Crippen LogP contribution in [0.4, 0.5) is 0 Å². The molecule has 0 saturated heterocycles. The lowest BCUT2D eigenvalue weighted by Gasteiger charge is -2.24. The van der Waals surface area contributed by atoms with Crippen molar-refractivity contribution < 1.29 is 4.79 Å². The fraction of sp³-hybridized carbons (Fsp3) is 0.533. The Labute approximate surface area is 115 Å². The minimum absolute atomic E-state index is 0.0341. The molecule has 0 unspecified atom stereocenters. The Hall–Kier alpha value is -1.39. The fourth-order valence-corrected chi connectivity index (χ4v) is 2.03. The summed E-state index contributed by atoms with van der Waals surface area (Å²) in [6.07, 6.45) is 2.32. The van der Waals surface area contributed by atoms with Crippen molar-refractivity contribution in [1.29, 1.82) is 0 Å². The molecule has 0 heterocycles. The molecule has 4 heteroatoms. The maximum atomic E-state index is 12.2. The van der Waals surface area contributed by atoms with Gasteiger partial charge in [-0.25, -0.2) is 0 Å². The van der Waals surface area contributed by atoms with Crippen LogP contribution in [0.2, 0.25) is 0 Å². The molecule has 1 atom stereocenters. The van der Waals surface area contributed by atoms with Crippen LogP contribution in [-0.2, 0) is 11.2 Å². The predicted octanol–water partition coefficient (Wildman–Crippen LogP) is 1.14. The van der Waals surface area contributed by atoms with Gasteiger partial charge in [0.25, 0.3) is 0 Å². The van der Waals surface area contributed by atoms with Crippen LogP contribution < -0.4 is 11.5 Å². The first-order chi connectivity index (χ1) is 9.19. The van der Waals surface area contributed by atoms with Gasteiger partial charge >= 0.3 is 0 Å². The number of carbonyl (C=O) groups is 1. The van der Waals surface area contributed by atoms with Gasteiger partial charge in [0.05, 0.1) is 6.04 Å². The van der Waals surface area contributed by atoms with Crippen molar-refractivity contribution in [3.05, 3.63) is 35.9 Å². The molecule has 1 aromatic carbocycles. The Bertz CT molecular complexity index is 367. The molecule has 0 saturated carbocycles. The lowest BCUT2D eigenvalue weighted by atomic mass is 10.1. The Morgan fingerprint density at radius 1 is 1.32 bits per heavy atom. The van der Waals surface area contributed by atoms with E-state index in [9.17, 15) is 4.79 Å². The summed E-state index contributed by atoms with van der Waals surface area (Å²) >= 11 is 0. The molecule has 0 bridgehead atoms. The van der Waals surface area contributed by atoms with Crippen molar-refractivity contribution in [3.8, 4) is 0 Å². The van der Waals surface area contributed by atoms with Gasteiger partial charge in [-0.15, -0.1) is 0 Å². The molecule has 4 N–H and O–H groups in total. The molecule has 19 heavy (non-hydrogen) atoms. The van der Waals surface area contributed by atoms with Gasteiger partial charge in [0.1, 0.15) is 0 Å². The number of nitrogens with two attached hydrogens (primary N) is 2. The SMILES string of the molecule is CCN(CCc1ccccc1)C(=O)[C@H](N)CCCN. The lowest BCUT2D eigenvalue weighted by molar-refractivity contribution is -0.132. The second-order valence-corrected chi connectivity index (χ2v) is 4.69. The van der Waals surface area contributed by atoms with Gasteiger partial charge in [0.2, 0.25) is 5.91 Å². The minimum Gasteiger partial charge on any atom is -0.341 e. The average molecular weight is 263 g/mol. The molecule has 1 rings (SSSR count). The number of benzene rings is 1. The highest BCUT2D eigenvalue weighted by Crippen LogP contribution is 2.04. The summed E-state index contributed by atoms with van der Waals surface area (Å²) in [5.74, 6) is 0.0341. The van der Waals surface area contributed by atoms with E-state index in [0.29, 0.717) is 19.5 Å². The first kappa shape index (κ1) is 15.7. The first-order valence-electron chi connectivity index (χ1n) is 6.97. The van der Waals surface area contributed by atoms with Crippen molar-refractivity contribution in [2.75, 3.05) is 19.6 Å². The van der Waals surface area contributed by atoms with Gasteiger partial charge in [-0.05, 0) is 38.3 Å². The Kier molecular flexibility index (Phi) is 7.15. The Morgan fingerprint density at radius 3 is 2.58 bits per heavy atom. The van der Waals surface area contributed by atoms with E-state index in [1.807, 2.05) is 30.0 Å². The van der Waals surface area contributed by atoms with E-state index in [2.05, 4.69) is 12.1 Å². The molecule has 0 fully saturated rings. The van der Waals surface area contributed by atoms with Crippen molar-refractivity contribution in [1.82, 2.24) is 4.90 Å². The van der Waals surface area contributed by atoms with Gasteiger partial charge in [-0.1, -0.05) is 30.3 Å². The normalized spacial score (nSPS) is 12.2. The van der Waals surface area contributed by atoms with Crippen molar-refractivity contribution >= 4 is 5.91 Å². The molecule has 4 nitrogen and oxygen atoms in total. The molecule has 106 valence electrons. The Morgan fingerprint density at radius 2 is 2.00 bits per heavy atom. The van der Waals surface area contributed by atoms with E-state index < -0.39 is 6.04 Å². The lowest BCUT2D eigenvalue weighted by Crippen LogP contribution is -2.44. The van der Waals surface area contributed by atoms with Gasteiger partial charge < -0.3 is 16.4 Å². The summed E-state index contributed by atoms with van der Waals surface area (Å²) < 4.78 is 0. The molecular formula is C15H25N3O. The van der Waals surface area contributed by atoms with Crippen molar-refractivity contribution in [2.45, 2.75) is 32.2 Å². The monoisotopic (exact) mass is 263 g/mol. The second kappa shape index (κ2) is 8.67. The molecule has 0 spiro atoms. The third kappa shape index (κ3) is 5.41. The number of hydrogen-bond acceptors (Lipinski definition) is 3. The molecule has 0 aliphatic heterocycles. The van der Waals surface area contributed by atoms with Crippen molar-refractivity contribution in [2.24, 2.45) is 11.5 Å². The van der Waals surface area contributed by atoms with Gasteiger partial charge in [0, 0.05) is 13.1 Å². The number of likely N-dealkylation sites (N-methyl/N-ethyl adjacent to an activating group) is 1. The molecule has 0 radical (unpaired) electrons. The van der Waals surface area contributed by atoms with E-state index in [0.717, 1.165) is 19.4 Å². The van der Waals surface area contributed by atoms with Crippen LogP contribution in [-0.4, -0.2) is 36.5 Å². The highest BCUT2D eigenvalue weighted by atomic mass is 16.2. The van der Waals surface area contributed by atoms with E-state index in [1.54, 1.807) is 0 Å². The van der Waals surface area contributed by atoms with Crippen LogP contribution in [0, 0.1) is 0 Å². The molecule has 0 aromatic heterocycles. The highest BCUT2D eigenvalue weighted by molar-refractivity contribution is 5.81. The standard InChI is InChI=1S/C15H25N3O/c1-2-18(15(19)14(17)9-6-11-16)12-10-13-7-4-3-5-8-13/h3-5,7-8,14H,2,6,9-12,16-17H2,1H3/t14-/m1/s1. The maximum absolute atomic E-state index is 12.2. The summed E-state index contributed by atoms with van der Waals surface area (Å²) in [5.41, 5.74) is 12.6. The third-order valence-electron chi connectivity index (χ3n) is 3.24. The largest absolute Gasteiger partial charge is 0.341 e. The fourth-order valence-electron chi connectivity index (χ4n) is 2.03. The van der Waals surface area contributed by atoms with Crippen molar-refractivity contribution in [3.63, 3.8) is 0 Å². The summed E-state index contributed by atoms with van der Waals surface area (Å²) in [7, 11) is 0. The molecule has 1 aromatic rings. The molecule has 0 aliphatic rings. The first-order valence-corrected chi connectivity index (χ1v) is 6.97. The number of amides is 1. The van der Waals surface area contributed by atoms with E-state index in [-0.39, 0.29) is 5.91 Å². The zero-order chi connectivity index (χ0) is 14.1. The number of rotatable bonds is 8. The van der Waals surface area contributed by atoms with E-state index >= 15 is 0 Å². The smallest absolute Gasteiger partial charge is 0.239 e. The van der Waals surface area contributed by atoms with Crippen LogP contribution in [0.1, 0.15) is 25.3 Å². The predicted molar refractivity (Wildman–Crippen MR) is 78.7 cm³/mol. The quantitative estimate of drug-likeness (QED) is 0.739. The van der Waals surface area contributed by atoms with Crippen LogP contribution in [0.25, 0.3) is 0 Å². The molecule has 0 aliphatic carbocycles.